The number of esters is 1. The standard InChI is InChI=1S/C14H18BrNO2/c1-18-14(17)11-5-6-12(13(15)9-11)10-16-7-3-2-4-8-16/h5-6,9H,2-4,7-8,10H2,1H3. The molecule has 3 nitrogen and oxygen atoms in total. The van der Waals surface area contributed by atoms with Gasteiger partial charge in [-0.1, -0.05) is 28.4 Å². The number of piperidine rings is 1. The molecule has 0 saturated carbocycles. The summed E-state index contributed by atoms with van der Waals surface area (Å²) in [4.78, 5) is 13.9. The highest BCUT2D eigenvalue weighted by Gasteiger charge is 2.13. The highest BCUT2D eigenvalue weighted by molar-refractivity contribution is 9.10. The third-order valence-corrected chi connectivity index (χ3v) is 4.06. The molecule has 1 aromatic carbocycles. The lowest BCUT2D eigenvalue weighted by molar-refractivity contribution is 0.0600. The molecule has 1 aliphatic heterocycles. The number of ether oxygens (including phenoxy) is 1. The van der Waals surface area contributed by atoms with Gasteiger partial charge in [0.2, 0.25) is 0 Å². The zero-order valence-corrected chi connectivity index (χ0v) is 12.2. The molecule has 1 aliphatic rings. The quantitative estimate of drug-likeness (QED) is 0.803. The smallest absolute Gasteiger partial charge is 0.337 e. The Kier molecular flexibility index (Phi) is 4.78. The number of methoxy groups -OCH3 is 1. The first kappa shape index (κ1) is 13.6. The minimum absolute atomic E-state index is 0.291. The molecule has 1 fully saturated rings. The average Bonchev–Trinajstić information content (AvgIpc) is 2.41. The zero-order chi connectivity index (χ0) is 13.0. The second-order valence-electron chi connectivity index (χ2n) is 4.63. The number of hydrogen-bond acceptors (Lipinski definition) is 3. The van der Waals surface area contributed by atoms with Crippen molar-refractivity contribution in [2.45, 2.75) is 25.8 Å². The minimum Gasteiger partial charge on any atom is -0.465 e. The fourth-order valence-corrected chi connectivity index (χ4v) is 2.78. The second kappa shape index (κ2) is 6.34. The Labute approximate surface area is 116 Å². The summed E-state index contributed by atoms with van der Waals surface area (Å²) in [6.45, 7) is 3.29. The van der Waals surface area contributed by atoms with Gasteiger partial charge < -0.3 is 4.74 Å². The van der Waals surface area contributed by atoms with Gasteiger partial charge in [0.25, 0.3) is 0 Å². The number of nitrogens with zero attached hydrogens (tertiary/aromatic N) is 1. The van der Waals surface area contributed by atoms with E-state index in [1.165, 1.54) is 45.0 Å². The van der Waals surface area contributed by atoms with Gasteiger partial charge in [-0.15, -0.1) is 0 Å². The molecule has 0 aromatic heterocycles. The molecular weight excluding hydrogens is 294 g/mol. The number of halogens is 1. The van der Waals surface area contributed by atoms with E-state index in [-0.39, 0.29) is 5.97 Å². The van der Waals surface area contributed by atoms with Crippen LogP contribution in [0.4, 0.5) is 0 Å². The van der Waals surface area contributed by atoms with Crippen molar-refractivity contribution in [2.75, 3.05) is 20.2 Å². The number of rotatable bonds is 3. The number of benzene rings is 1. The summed E-state index contributed by atoms with van der Waals surface area (Å²) in [5.74, 6) is -0.291. The molecule has 98 valence electrons. The van der Waals surface area contributed by atoms with Gasteiger partial charge in [0.1, 0.15) is 0 Å². The third kappa shape index (κ3) is 3.33. The summed E-state index contributed by atoms with van der Waals surface area (Å²) in [6.07, 6.45) is 3.93. The van der Waals surface area contributed by atoms with Crippen molar-refractivity contribution in [1.82, 2.24) is 4.90 Å². The summed E-state index contributed by atoms with van der Waals surface area (Å²) < 4.78 is 5.69. The van der Waals surface area contributed by atoms with Gasteiger partial charge in [-0.05, 0) is 43.6 Å². The van der Waals surface area contributed by atoms with Gasteiger partial charge in [0, 0.05) is 11.0 Å². The average molecular weight is 312 g/mol. The summed E-state index contributed by atoms with van der Waals surface area (Å²) in [6, 6.07) is 5.67. The molecule has 1 heterocycles. The van der Waals surface area contributed by atoms with E-state index in [1.807, 2.05) is 18.2 Å². The SMILES string of the molecule is COC(=O)c1ccc(CN2CCCCC2)c(Br)c1. The Hall–Kier alpha value is -0.870. The van der Waals surface area contributed by atoms with Crippen molar-refractivity contribution in [3.63, 3.8) is 0 Å². The molecular formula is C14H18BrNO2. The van der Waals surface area contributed by atoms with Crippen molar-refractivity contribution in [2.24, 2.45) is 0 Å². The van der Waals surface area contributed by atoms with E-state index >= 15 is 0 Å². The van der Waals surface area contributed by atoms with E-state index in [0.29, 0.717) is 5.56 Å². The van der Waals surface area contributed by atoms with Crippen molar-refractivity contribution >= 4 is 21.9 Å². The van der Waals surface area contributed by atoms with Gasteiger partial charge in [-0.25, -0.2) is 4.79 Å². The summed E-state index contributed by atoms with van der Waals surface area (Å²) >= 11 is 3.54. The first-order valence-electron chi connectivity index (χ1n) is 6.30. The van der Waals surface area contributed by atoms with E-state index in [2.05, 4.69) is 20.8 Å². The van der Waals surface area contributed by atoms with Crippen LogP contribution in [0.2, 0.25) is 0 Å². The van der Waals surface area contributed by atoms with Crippen LogP contribution >= 0.6 is 15.9 Å². The molecule has 0 bridgehead atoms. The maximum absolute atomic E-state index is 11.4. The zero-order valence-electron chi connectivity index (χ0n) is 10.6. The largest absolute Gasteiger partial charge is 0.465 e. The third-order valence-electron chi connectivity index (χ3n) is 3.32. The van der Waals surface area contributed by atoms with Gasteiger partial charge >= 0.3 is 5.97 Å². The number of likely N-dealkylation sites (tertiary alicyclic amines) is 1. The van der Waals surface area contributed by atoms with Crippen molar-refractivity contribution in [3.8, 4) is 0 Å². The van der Waals surface area contributed by atoms with Crippen LogP contribution in [-0.2, 0) is 11.3 Å². The molecule has 0 unspecified atom stereocenters. The molecule has 18 heavy (non-hydrogen) atoms. The lowest BCUT2D eigenvalue weighted by Gasteiger charge is -2.26. The number of carbonyl (C=O) groups is 1. The summed E-state index contributed by atoms with van der Waals surface area (Å²) in [5.41, 5.74) is 1.82. The van der Waals surface area contributed by atoms with Crippen LogP contribution in [0.5, 0.6) is 0 Å². The lowest BCUT2D eigenvalue weighted by atomic mass is 10.1. The Morgan fingerprint density at radius 3 is 2.67 bits per heavy atom. The fraction of sp³-hybridized carbons (Fsp3) is 0.500. The number of carbonyl (C=O) groups excluding carboxylic acids is 1. The van der Waals surface area contributed by atoms with Gasteiger partial charge in [0.15, 0.2) is 0 Å². The van der Waals surface area contributed by atoms with Crippen LogP contribution in [0.1, 0.15) is 35.2 Å². The highest BCUT2D eigenvalue weighted by Crippen LogP contribution is 2.22. The highest BCUT2D eigenvalue weighted by atomic mass is 79.9. The molecule has 0 amide bonds. The Balaban J connectivity index is 2.07. The van der Waals surface area contributed by atoms with Gasteiger partial charge in [-0.3, -0.25) is 4.90 Å². The molecule has 0 aliphatic carbocycles. The predicted octanol–water partition coefficient (Wildman–Crippen LogP) is 3.22. The minimum atomic E-state index is -0.291. The first-order valence-corrected chi connectivity index (χ1v) is 7.09. The van der Waals surface area contributed by atoms with Crippen molar-refractivity contribution in [1.29, 1.82) is 0 Å². The summed E-state index contributed by atoms with van der Waals surface area (Å²) in [7, 11) is 1.40. The van der Waals surface area contributed by atoms with E-state index in [0.717, 1.165) is 11.0 Å². The number of hydrogen-bond donors (Lipinski definition) is 0. The van der Waals surface area contributed by atoms with Crippen LogP contribution in [0.25, 0.3) is 0 Å². The summed E-state index contributed by atoms with van der Waals surface area (Å²) in [5, 5.41) is 0. The second-order valence-corrected chi connectivity index (χ2v) is 5.49. The van der Waals surface area contributed by atoms with Crippen molar-refractivity contribution in [3.05, 3.63) is 33.8 Å². The van der Waals surface area contributed by atoms with Gasteiger partial charge in [0.05, 0.1) is 12.7 Å². The van der Waals surface area contributed by atoms with Crippen LogP contribution in [-0.4, -0.2) is 31.1 Å². The molecule has 0 spiro atoms. The molecule has 2 rings (SSSR count). The Morgan fingerprint density at radius 1 is 1.33 bits per heavy atom. The van der Waals surface area contributed by atoms with Crippen molar-refractivity contribution < 1.29 is 9.53 Å². The lowest BCUT2D eigenvalue weighted by Crippen LogP contribution is -2.29. The topological polar surface area (TPSA) is 29.5 Å². The maximum atomic E-state index is 11.4. The van der Waals surface area contributed by atoms with Crippen LogP contribution in [0, 0.1) is 0 Å². The van der Waals surface area contributed by atoms with Gasteiger partial charge in [-0.2, -0.15) is 0 Å². The molecule has 0 radical (unpaired) electrons. The molecule has 0 N–H and O–H groups in total. The van der Waals surface area contributed by atoms with E-state index in [9.17, 15) is 4.79 Å². The first-order chi connectivity index (χ1) is 8.70. The molecule has 0 atom stereocenters. The monoisotopic (exact) mass is 311 g/mol. The molecule has 4 heteroatoms. The molecule has 1 saturated heterocycles. The van der Waals surface area contributed by atoms with E-state index < -0.39 is 0 Å². The molecule has 1 aromatic rings. The normalized spacial score (nSPS) is 16.6. The van der Waals surface area contributed by atoms with Crippen LogP contribution in [0.15, 0.2) is 22.7 Å². The van der Waals surface area contributed by atoms with E-state index in [4.69, 9.17) is 4.74 Å². The maximum Gasteiger partial charge on any atom is 0.337 e. The van der Waals surface area contributed by atoms with E-state index in [1.54, 1.807) is 0 Å². The Bertz CT molecular complexity index is 428. The predicted molar refractivity (Wildman–Crippen MR) is 74.6 cm³/mol. The van der Waals surface area contributed by atoms with Crippen LogP contribution in [0.3, 0.4) is 0 Å². The Morgan fingerprint density at radius 2 is 2.06 bits per heavy atom. The fourth-order valence-electron chi connectivity index (χ4n) is 2.28. The van der Waals surface area contributed by atoms with Crippen LogP contribution < -0.4 is 0 Å².